The number of hydrogen-bond donors (Lipinski definition) is 1. The van der Waals surface area contributed by atoms with Crippen molar-refractivity contribution in [1.82, 2.24) is 0 Å². The highest BCUT2D eigenvalue weighted by Crippen LogP contribution is 2.31. The lowest BCUT2D eigenvalue weighted by molar-refractivity contribution is 0.0992. The van der Waals surface area contributed by atoms with Gasteiger partial charge in [-0.25, -0.2) is 0 Å². The van der Waals surface area contributed by atoms with Gasteiger partial charge in [-0.2, -0.15) is 0 Å². The third-order valence-corrected chi connectivity index (χ3v) is 2.58. The first kappa shape index (κ1) is 8.73. The largest absolute Gasteiger partial charge is 0.388 e. The van der Waals surface area contributed by atoms with Crippen LogP contribution in [-0.2, 0) is 4.74 Å². The van der Waals surface area contributed by atoms with Gasteiger partial charge in [-0.15, -0.1) is 0 Å². The van der Waals surface area contributed by atoms with Crippen LogP contribution in [0.5, 0.6) is 0 Å². The molecule has 0 bridgehead atoms. The van der Waals surface area contributed by atoms with Crippen molar-refractivity contribution in [2.24, 2.45) is 5.92 Å². The second-order valence-corrected chi connectivity index (χ2v) is 3.59. The van der Waals surface area contributed by atoms with Crippen molar-refractivity contribution in [3.63, 3.8) is 0 Å². The van der Waals surface area contributed by atoms with Gasteiger partial charge in [-0.05, 0) is 5.56 Å². The van der Waals surface area contributed by atoms with E-state index in [1.54, 1.807) is 0 Å². The molecule has 2 nitrogen and oxygen atoms in total. The van der Waals surface area contributed by atoms with Crippen LogP contribution < -0.4 is 0 Å². The van der Waals surface area contributed by atoms with Gasteiger partial charge in [-0.3, -0.25) is 0 Å². The van der Waals surface area contributed by atoms with E-state index in [1.165, 1.54) is 0 Å². The Balaban J connectivity index is 2.07. The second-order valence-electron chi connectivity index (χ2n) is 3.59. The standard InChI is InChI=1S/C11H14O2/c1-8(10-7-13-10)11(12)9-5-3-2-4-6-9/h2-6,8,10-12H,7H2,1H3/t8-,10-,11-/m0/s1. The third-order valence-electron chi connectivity index (χ3n) is 2.58. The molecule has 2 heteroatoms. The number of hydrogen-bond acceptors (Lipinski definition) is 2. The van der Waals surface area contributed by atoms with E-state index in [4.69, 9.17) is 4.74 Å². The molecule has 1 fully saturated rings. The first-order valence-corrected chi connectivity index (χ1v) is 4.63. The van der Waals surface area contributed by atoms with E-state index in [9.17, 15) is 5.11 Å². The van der Waals surface area contributed by atoms with Crippen molar-refractivity contribution in [3.05, 3.63) is 35.9 Å². The van der Waals surface area contributed by atoms with E-state index in [0.717, 1.165) is 12.2 Å². The number of ether oxygens (including phenoxy) is 1. The Morgan fingerprint density at radius 3 is 2.54 bits per heavy atom. The summed E-state index contributed by atoms with van der Waals surface area (Å²) in [5.74, 6) is 0.197. The zero-order valence-electron chi connectivity index (χ0n) is 7.68. The van der Waals surface area contributed by atoms with Crippen molar-refractivity contribution >= 4 is 0 Å². The fourth-order valence-electron chi connectivity index (χ4n) is 1.52. The highest BCUT2D eigenvalue weighted by atomic mass is 16.6. The lowest BCUT2D eigenvalue weighted by Crippen LogP contribution is -2.14. The highest BCUT2D eigenvalue weighted by molar-refractivity contribution is 5.18. The molecule has 1 aromatic carbocycles. The molecule has 1 N–H and O–H groups in total. The fraction of sp³-hybridized carbons (Fsp3) is 0.455. The van der Waals surface area contributed by atoms with Crippen LogP contribution in [0, 0.1) is 5.92 Å². The Labute approximate surface area is 78.2 Å². The average Bonchev–Trinajstić information content (AvgIpc) is 3.00. The lowest BCUT2D eigenvalue weighted by atomic mass is 9.95. The maximum atomic E-state index is 9.92. The van der Waals surface area contributed by atoms with Crippen LogP contribution in [0.4, 0.5) is 0 Å². The van der Waals surface area contributed by atoms with Gasteiger partial charge in [0.15, 0.2) is 0 Å². The lowest BCUT2D eigenvalue weighted by Gasteiger charge is -2.16. The number of aliphatic hydroxyl groups excluding tert-OH is 1. The molecule has 0 saturated carbocycles. The molecular weight excluding hydrogens is 164 g/mol. The van der Waals surface area contributed by atoms with E-state index >= 15 is 0 Å². The van der Waals surface area contributed by atoms with E-state index in [2.05, 4.69) is 0 Å². The molecule has 1 aromatic rings. The summed E-state index contributed by atoms with van der Waals surface area (Å²) in [4.78, 5) is 0. The molecule has 3 atom stereocenters. The maximum absolute atomic E-state index is 9.92. The summed E-state index contributed by atoms with van der Waals surface area (Å²) in [5.41, 5.74) is 0.977. The summed E-state index contributed by atoms with van der Waals surface area (Å²) in [7, 11) is 0. The van der Waals surface area contributed by atoms with Crippen molar-refractivity contribution in [2.75, 3.05) is 6.61 Å². The molecule has 0 aromatic heterocycles. The maximum Gasteiger partial charge on any atom is 0.0863 e. The molecule has 70 valence electrons. The van der Waals surface area contributed by atoms with Crippen molar-refractivity contribution < 1.29 is 9.84 Å². The van der Waals surface area contributed by atoms with Gasteiger partial charge in [0.1, 0.15) is 0 Å². The summed E-state index contributed by atoms with van der Waals surface area (Å²) in [6, 6.07) is 9.74. The zero-order chi connectivity index (χ0) is 9.26. The summed E-state index contributed by atoms with van der Waals surface area (Å²) < 4.78 is 5.15. The molecular formula is C11H14O2. The van der Waals surface area contributed by atoms with Crippen molar-refractivity contribution in [2.45, 2.75) is 19.1 Å². The topological polar surface area (TPSA) is 32.8 Å². The SMILES string of the molecule is C[C@@H]([C@@H]1CO1)[C@H](O)c1ccccc1. The number of rotatable bonds is 3. The summed E-state index contributed by atoms with van der Waals surface area (Å²) in [6.07, 6.45) is -0.135. The Morgan fingerprint density at radius 1 is 1.38 bits per heavy atom. The molecule has 0 amide bonds. The number of benzene rings is 1. The zero-order valence-corrected chi connectivity index (χ0v) is 7.68. The molecule has 0 radical (unpaired) electrons. The van der Waals surface area contributed by atoms with Crippen LogP contribution in [0.3, 0.4) is 0 Å². The van der Waals surface area contributed by atoms with Gasteiger partial charge in [0.2, 0.25) is 0 Å². The fourth-order valence-corrected chi connectivity index (χ4v) is 1.52. The van der Waals surface area contributed by atoms with Crippen molar-refractivity contribution in [1.29, 1.82) is 0 Å². The molecule has 0 aliphatic carbocycles. The summed E-state index contributed by atoms with van der Waals surface area (Å²) >= 11 is 0. The van der Waals surface area contributed by atoms with Gasteiger partial charge in [0, 0.05) is 5.92 Å². The van der Waals surface area contributed by atoms with E-state index in [-0.39, 0.29) is 12.0 Å². The van der Waals surface area contributed by atoms with Crippen LogP contribution in [0.2, 0.25) is 0 Å². The van der Waals surface area contributed by atoms with Crippen LogP contribution in [0.1, 0.15) is 18.6 Å². The Bertz CT molecular complexity index is 267. The molecule has 0 spiro atoms. The molecule has 1 saturated heterocycles. The van der Waals surface area contributed by atoms with E-state index in [1.807, 2.05) is 37.3 Å². The van der Waals surface area contributed by atoms with Crippen LogP contribution >= 0.6 is 0 Å². The highest BCUT2D eigenvalue weighted by Gasteiger charge is 2.34. The van der Waals surface area contributed by atoms with Gasteiger partial charge >= 0.3 is 0 Å². The minimum absolute atomic E-state index is 0.197. The van der Waals surface area contributed by atoms with Crippen LogP contribution in [0.15, 0.2) is 30.3 Å². The first-order valence-electron chi connectivity index (χ1n) is 4.63. The monoisotopic (exact) mass is 178 g/mol. The van der Waals surface area contributed by atoms with E-state index < -0.39 is 6.10 Å². The van der Waals surface area contributed by atoms with Gasteiger partial charge < -0.3 is 9.84 Å². The molecule has 1 aliphatic heterocycles. The van der Waals surface area contributed by atoms with Gasteiger partial charge in [-0.1, -0.05) is 37.3 Å². The molecule has 1 heterocycles. The summed E-state index contributed by atoms with van der Waals surface area (Å²) in [5, 5.41) is 9.92. The minimum Gasteiger partial charge on any atom is -0.388 e. The smallest absolute Gasteiger partial charge is 0.0863 e. The third kappa shape index (κ3) is 1.90. The minimum atomic E-state index is -0.395. The average molecular weight is 178 g/mol. The van der Waals surface area contributed by atoms with Crippen LogP contribution in [-0.4, -0.2) is 17.8 Å². The molecule has 2 rings (SSSR count). The van der Waals surface area contributed by atoms with Crippen LogP contribution in [0.25, 0.3) is 0 Å². The summed E-state index contributed by atoms with van der Waals surface area (Å²) in [6.45, 7) is 2.82. The normalized spacial score (nSPS) is 25.2. The Morgan fingerprint density at radius 2 is 2.00 bits per heavy atom. The predicted octanol–water partition coefficient (Wildman–Crippen LogP) is 1.75. The predicted molar refractivity (Wildman–Crippen MR) is 50.3 cm³/mol. The molecule has 0 unspecified atom stereocenters. The Hall–Kier alpha value is -0.860. The van der Waals surface area contributed by atoms with Gasteiger partial charge in [0.05, 0.1) is 18.8 Å². The number of epoxide rings is 1. The first-order chi connectivity index (χ1) is 6.29. The quantitative estimate of drug-likeness (QED) is 0.715. The molecule has 13 heavy (non-hydrogen) atoms. The Kier molecular flexibility index (Phi) is 2.34. The second kappa shape index (κ2) is 3.48. The van der Waals surface area contributed by atoms with Gasteiger partial charge in [0.25, 0.3) is 0 Å². The van der Waals surface area contributed by atoms with E-state index in [0.29, 0.717) is 0 Å². The number of aliphatic hydroxyl groups is 1. The molecule has 1 aliphatic rings. The van der Waals surface area contributed by atoms with Crippen molar-refractivity contribution in [3.8, 4) is 0 Å².